The molecule has 0 amide bonds. The minimum Gasteiger partial charge on any atom is -0.250 e. The molecule has 0 N–H and O–H groups in total. The summed E-state index contributed by atoms with van der Waals surface area (Å²) in [5.41, 5.74) is 1.84. The molecule has 0 unspecified atom stereocenters. The third-order valence-corrected chi connectivity index (χ3v) is 3.65. The zero-order valence-corrected chi connectivity index (χ0v) is 12.4. The van der Waals surface area contributed by atoms with Crippen molar-refractivity contribution in [1.29, 1.82) is 0 Å². The van der Waals surface area contributed by atoms with Crippen LogP contribution in [0.1, 0.15) is 16.8 Å². The van der Waals surface area contributed by atoms with E-state index in [0.717, 1.165) is 11.6 Å². The molecule has 0 spiro atoms. The molecule has 23 heavy (non-hydrogen) atoms. The van der Waals surface area contributed by atoms with Gasteiger partial charge in [-0.15, -0.1) is 0 Å². The first-order valence-corrected chi connectivity index (χ1v) is 7.04. The number of alkyl halides is 3. The van der Waals surface area contributed by atoms with Crippen LogP contribution in [0.25, 0.3) is 22.3 Å². The summed E-state index contributed by atoms with van der Waals surface area (Å²) in [6.07, 6.45) is -4.46. The summed E-state index contributed by atoms with van der Waals surface area (Å²) < 4.78 is 39.9. The van der Waals surface area contributed by atoms with E-state index in [1.807, 2.05) is 19.1 Å². The third-order valence-electron chi connectivity index (χ3n) is 3.65. The maximum atomic E-state index is 13.3. The predicted octanol–water partition coefficient (Wildman–Crippen LogP) is 4.29. The lowest BCUT2D eigenvalue weighted by Crippen LogP contribution is -2.09. The van der Waals surface area contributed by atoms with Gasteiger partial charge >= 0.3 is 6.18 Å². The van der Waals surface area contributed by atoms with Crippen molar-refractivity contribution in [3.05, 3.63) is 59.3 Å². The van der Waals surface area contributed by atoms with E-state index in [-0.39, 0.29) is 17.6 Å². The van der Waals surface area contributed by atoms with Gasteiger partial charge in [0.15, 0.2) is 0 Å². The Labute approximate surface area is 132 Å². The lowest BCUT2D eigenvalue weighted by Gasteiger charge is -2.15. The van der Waals surface area contributed by atoms with Crippen LogP contribution in [0.4, 0.5) is 13.2 Å². The van der Waals surface area contributed by atoms with Crippen LogP contribution in [0.15, 0.2) is 42.5 Å². The van der Waals surface area contributed by atoms with Crippen LogP contribution >= 0.6 is 0 Å². The number of halogens is 3. The summed E-state index contributed by atoms with van der Waals surface area (Å²) in [6.45, 7) is 1.85. The SMILES string of the molecule is [B]Cc1nc2cccc(C)c2nc1-c1ccccc1C(F)(F)F. The topological polar surface area (TPSA) is 25.8 Å². The molecule has 2 nitrogen and oxygen atoms in total. The van der Waals surface area contributed by atoms with E-state index in [4.69, 9.17) is 7.85 Å². The standard InChI is InChI=1S/C17H12BF3N2/c1-10-5-4-8-13-15(10)23-16(14(9-18)22-13)11-6-2-3-7-12(11)17(19,20)21/h2-8H,9H2,1H3. The Balaban J connectivity index is 2.34. The van der Waals surface area contributed by atoms with Gasteiger partial charge in [0, 0.05) is 5.56 Å². The van der Waals surface area contributed by atoms with Gasteiger partial charge in [-0.2, -0.15) is 13.2 Å². The molecule has 1 heterocycles. The van der Waals surface area contributed by atoms with E-state index in [1.165, 1.54) is 12.1 Å². The minimum atomic E-state index is -4.47. The first kappa shape index (κ1) is 15.5. The van der Waals surface area contributed by atoms with Gasteiger partial charge in [0.1, 0.15) is 0 Å². The molecule has 0 atom stereocenters. The molecule has 3 rings (SSSR count). The second kappa shape index (κ2) is 5.68. The monoisotopic (exact) mass is 312 g/mol. The van der Waals surface area contributed by atoms with Gasteiger partial charge < -0.3 is 0 Å². The Hall–Kier alpha value is -2.37. The molecule has 1 aromatic heterocycles. The van der Waals surface area contributed by atoms with Crippen molar-refractivity contribution in [1.82, 2.24) is 9.97 Å². The van der Waals surface area contributed by atoms with Crippen molar-refractivity contribution in [3.8, 4) is 11.3 Å². The van der Waals surface area contributed by atoms with Crippen LogP contribution in [-0.4, -0.2) is 17.8 Å². The second-order valence-electron chi connectivity index (χ2n) is 5.21. The van der Waals surface area contributed by atoms with Crippen molar-refractivity contribution < 1.29 is 13.2 Å². The Morgan fingerprint density at radius 1 is 1.00 bits per heavy atom. The minimum absolute atomic E-state index is 0.00176. The molecule has 0 fully saturated rings. The maximum absolute atomic E-state index is 13.3. The highest BCUT2D eigenvalue weighted by molar-refractivity contribution is 6.08. The summed E-state index contributed by atoms with van der Waals surface area (Å²) in [6, 6.07) is 10.8. The average molecular weight is 312 g/mol. The summed E-state index contributed by atoms with van der Waals surface area (Å²) >= 11 is 0. The molecule has 6 heteroatoms. The molecule has 114 valence electrons. The molecular formula is C17H12BF3N2. The summed E-state index contributed by atoms with van der Waals surface area (Å²) in [4.78, 5) is 8.85. The molecule has 0 saturated heterocycles. The van der Waals surface area contributed by atoms with E-state index >= 15 is 0 Å². The number of aryl methyl sites for hydroxylation is 1. The van der Waals surface area contributed by atoms with Gasteiger partial charge in [0.05, 0.1) is 35.8 Å². The number of para-hydroxylation sites is 1. The van der Waals surface area contributed by atoms with Gasteiger partial charge in [0.25, 0.3) is 0 Å². The molecule has 0 aliphatic heterocycles. The fraction of sp³-hybridized carbons (Fsp3) is 0.176. The Kier molecular flexibility index (Phi) is 3.84. The number of aromatic nitrogens is 2. The van der Waals surface area contributed by atoms with E-state index in [0.29, 0.717) is 16.7 Å². The van der Waals surface area contributed by atoms with E-state index in [2.05, 4.69) is 9.97 Å². The van der Waals surface area contributed by atoms with Crippen LogP contribution in [0.2, 0.25) is 0 Å². The Morgan fingerprint density at radius 2 is 1.74 bits per heavy atom. The number of fused-ring (bicyclic) bond motifs is 1. The van der Waals surface area contributed by atoms with E-state index < -0.39 is 11.7 Å². The lowest BCUT2D eigenvalue weighted by molar-refractivity contribution is -0.137. The predicted molar refractivity (Wildman–Crippen MR) is 84.2 cm³/mol. The van der Waals surface area contributed by atoms with E-state index in [1.54, 1.807) is 12.1 Å². The number of rotatable bonds is 2. The van der Waals surface area contributed by atoms with Crippen LogP contribution in [0, 0.1) is 6.92 Å². The van der Waals surface area contributed by atoms with E-state index in [9.17, 15) is 13.2 Å². The largest absolute Gasteiger partial charge is 0.417 e. The maximum Gasteiger partial charge on any atom is 0.417 e. The quantitative estimate of drug-likeness (QED) is 0.660. The fourth-order valence-corrected chi connectivity index (χ4v) is 2.55. The normalized spacial score (nSPS) is 11.8. The van der Waals surface area contributed by atoms with Gasteiger partial charge in [-0.1, -0.05) is 30.3 Å². The van der Waals surface area contributed by atoms with Gasteiger partial charge in [-0.25, -0.2) is 9.97 Å². The lowest BCUT2D eigenvalue weighted by atomic mass is 9.94. The molecular weight excluding hydrogens is 300 g/mol. The first-order chi connectivity index (χ1) is 10.9. The molecule has 0 aliphatic carbocycles. The Bertz CT molecular complexity index is 875. The smallest absolute Gasteiger partial charge is 0.250 e. The zero-order valence-electron chi connectivity index (χ0n) is 12.4. The van der Waals surface area contributed by atoms with Crippen molar-refractivity contribution >= 4 is 18.9 Å². The zero-order chi connectivity index (χ0) is 16.6. The number of hydrogen-bond donors (Lipinski definition) is 0. The second-order valence-corrected chi connectivity index (χ2v) is 5.21. The molecule has 0 bridgehead atoms. The van der Waals surface area contributed by atoms with Crippen molar-refractivity contribution in [3.63, 3.8) is 0 Å². The van der Waals surface area contributed by atoms with Crippen LogP contribution in [0.5, 0.6) is 0 Å². The summed E-state index contributed by atoms with van der Waals surface area (Å²) in [5, 5.41) is 0. The highest BCUT2D eigenvalue weighted by Crippen LogP contribution is 2.37. The van der Waals surface area contributed by atoms with Gasteiger partial charge in [0.2, 0.25) is 0 Å². The molecule has 2 aromatic carbocycles. The molecule has 0 aliphatic rings. The fourth-order valence-electron chi connectivity index (χ4n) is 2.55. The summed E-state index contributed by atoms with van der Waals surface area (Å²) in [5.74, 6) is 0. The van der Waals surface area contributed by atoms with Gasteiger partial charge in [-0.05, 0) is 30.9 Å². The van der Waals surface area contributed by atoms with Crippen LogP contribution in [-0.2, 0) is 12.5 Å². The molecule has 2 radical (unpaired) electrons. The van der Waals surface area contributed by atoms with Crippen molar-refractivity contribution in [2.24, 2.45) is 0 Å². The number of hydrogen-bond acceptors (Lipinski definition) is 2. The van der Waals surface area contributed by atoms with Crippen molar-refractivity contribution in [2.45, 2.75) is 19.4 Å². The average Bonchev–Trinajstić information content (AvgIpc) is 2.53. The first-order valence-electron chi connectivity index (χ1n) is 7.04. The third kappa shape index (κ3) is 2.81. The van der Waals surface area contributed by atoms with Crippen LogP contribution < -0.4 is 0 Å². The molecule has 0 saturated carbocycles. The highest BCUT2D eigenvalue weighted by atomic mass is 19.4. The number of nitrogens with zero attached hydrogens (tertiary/aromatic N) is 2. The van der Waals surface area contributed by atoms with Gasteiger partial charge in [-0.3, -0.25) is 0 Å². The Morgan fingerprint density at radius 3 is 2.43 bits per heavy atom. The number of benzene rings is 2. The molecule has 3 aromatic rings. The summed E-state index contributed by atoms with van der Waals surface area (Å²) in [7, 11) is 5.69. The van der Waals surface area contributed by atoms with Crippen LogP contribution in [0.3, 0.4) is 0 Å². The highest BCUT2D eigenvalue weighted by Gasteiger charge is 2.34. The van der Waals surface area contributed by atoms with Crippen molar-refractivity contribution in [2.75, 3.05) is 0 Å².